The summed E-state index contributed by atoms with van der Waals surface area (Å²) in [7, 11) is 1.51. The molecule has 0 saturated carbocycles. The average Bonchev–Trinajstić information content (AvgIpc) is 2.07. The lowest BCUT2D eigenvalue weighted by Gasteiger charge is -1.96. The highest BCUT2D eigenvalue weighted by atomic mass is 16.6. The predicted molar refractivity (Wildman–Crippen MR) is 45.3 cm³/mol. The summed E-state index contributed by atoms with van der Waals surface area (Å²) in [4.78, 5) is 4.58. The van der Waals surface area contributed by atoms with Gasteiger partial charge in [-0.2, -0.15) is 0 Å². The second-order valence-electron chi connectivity index (χ2n) is 2.09. The molecule has 0 unspecified atom stereocenters. The van der Waals surface area contributed by atoms with Gasteiger partial charge in [0.15, 0.2) is 0 Å². The van der Waals surface area contributed by atoms with Gasteiger partial charge in [0.25, 0.3) is 0 Å². The Kier molecular flexibility index (Phi) is 2.66. The molecular weight excluding hydrogens is 138 g/mol. The molecule has 0 heterocycles. The van der Waals surface area contributed by atoms with Crippen LogP contribution in [0.4, 0.5) is 0 Å². The summed E-state index contributed by atoms with van der Waals surface area (Å²) in [6, 6.07) is 9.69. The van der Waals surface area contributed by atoms with Crippen LogP contribution in [0.5, 0.6) is 0 Å². The van der Waals surface area contributed by atoms with Crippen LogP contribution in [0, 0.1) is 6.92 Å². The summed E-state index contributed by atoms with van der Waals surface area (Å²) in [6.45, 7) is 3.72. The highest BCUT2D eigenvalue weighted by Gasteiger charge is 1.93. The number of nitrogens with zero attached hydrogens (tertiary/aromatic N) is 1. The first kappa shape index (κ1) is 7.79. The van der Waals surface area contributed by atoms with E-state index in [0.717, 1.165) is 5.56 Å². The zero-order chi connectivity index (χ0) is 8.10. The number of benzene rings is 1. The molecule has 0 amide bonds. The summed E-state index contributed by atoms with van der Waals surface area (Å²) in [5.74, 6) is 0. The summed E-state index contributed by atoms with van der Waals surface area (Å²) in [5, 5.41) is 3.70. The lowest BCUT2D eigenvalue weighted by molar-refractivity contribution is 0.214. The van der Waals surface area contributed by atoms with E-state index in [0.29, 0.717) is 5.71 Å². The molecule has 2 nitrogen and oxygen atoms in total. The molecule has 0 bridgehead atoms. The summed E-state index contributed by atoms with van der Waals surface area (Å²) >= 11 is 0. The first-order valence-corrected chi connectivity index (χ1v) is 3.33. The van der Waals surface area contributed by atoms with Crippen molar-refractivity contribution in [3.8, 4) is 0 Å². The molecule has 0 aliphatic carbocycles. The molecule has 0 aliphatic heterocycles. The Morgan fingerprint density at radius 3 is 2.55 bits per heavy atom. The van der Waals surface area contributed by atoms with Crippen LogP contribution < -0.4 is 0 Å². The van der Waals surface area contributed by atoms with Crippen molar-refractivity contribution in [1.82, 2.24) is 0 Å². The molecule has 1 rings (SSSR count). The summed E-state index contributed by atoms with van der Waals surface area (Å²) in [6.07, 6.45) is 0. The molecule has 0 spiro atoms. The van der Waals surface area contributed by atoms with Crippen LogP contribution in [-0.2, 0) is 4.84 Å². The van der Waals surface area contributed by atoms with Crippen molar-refractivity contribution in [2.75, 3.05) is 7.11 Å². The zero-order valence-corrected chi connectivity index (χ0v) is 6.45. The van der Waals surface area contributed by atoms with E-state index in [1.54, 1.807) is 0 Å². The Hall–Kier alpha value is -1.31. The SMILES string of the molecule is [CH2]/C(=N/OC)c1ccccc1. The van der Waals surface area contributed by atoms with E-state index in [4.69, 9.17) is 0 Å². The molecule has 0 N–H and O–H groups in total. The van der Waals surface area contributed by atoms with Gasteiger partial charge in [0.05, 0.1) is 5.71 Å². The number of oxime groups is 1. The first-order valence-electron chi connectivity index (χ1n) is 3.33. The maximum absolute atomic E-state index is 4.58. The molecule has 0 saturated heterocycles. The Morgan fingerprint density at radius 2 is 2.00 bits per heavy atom. The number of rotatable bonds is 2. The topological polar surface area (TPSA) is 21.6 Å². The third-order valence-electron chi connectivity index (χ3n) is 1.31. The van der Waals surface area contributed by atoms with E-state index in [-0.39, 0.29) is 0 Å². The van der Waals surface area contributed by atoms with Crippen molar-refractivity contribution in [2.45, 2.75) is 0 Å². The Morgan fingerprint density at radius 1 is 1.36 bits per heavy atom. The third-order valence-corrected chi connectivity index (χ3v) is 1.31. The number of hydrogen-bond donors (Lipinski definition) is 0. The monoisotopic (exact) mass is 148 g/mol. The smallest absolute Gasteiger partial charge is 0.106 e. The highest BCUT2D eigenvalue weighted by molar-refractivity contribution is 6.03. The van der Waals surface area contributed by atoms with Gasteiger partial charge in [-0.3, -0.25) is 0 Å². The quantitative estimate of drug-likeness (QED) is 0.463. The lowest BCUT2D eigenvalue weighted by atomic mass is 10.1. The van der Waals surface area contributed by atoms with Crippen molar-refractivity contribution in [2.24, 2.45) is 5.16 Å². The first-order chi connectivity index (χ1) is 5.34. The van der Waals surface area contributed by atoms with Crippen LogP contribution in [0.2, 0.25) is 0 Å². The van der Waals surface area contributed by atoms with Crippen molar-refractivity contribution in [3.63, 3.8) is 0 Å². The van der Waals surface area contributed by atoms with Gasteiger partial charge in [-0.25, -0.2) is 0 Å². The minimum atomic E-state index is 0.646. The van der Waals surface area contributed by atoms with Gasteiger partial charge in [-0.1, -0.05) is 35.5 Å². The standard InChI is InChI=1S/C9H10NO/c1-8(10-11-2)9-6-4-3-5-7-9/h3-7H,1H2,2H3/b10-8-. The van der Waals surface area contributed by atoms with Crippen LogP contribution in [-0.4, -0.2) is 12.8 Å². The lowest BCUT2D eigenvalue weighted by Crippen LogP contribution is -1.94. The molecule has 0 aliphatic rings. The molecule has 1 aromatic carbocycles. The fourth-order valence-electron chi connectivity index (χ4n) is 0.793. The van der Waals surface area contributed by atoms with E-state index in [2.05, 4.69) is 16.9 Å². The van der Waals surface area contributed by atoms with Gasteiger partial charge in [-0.15, -0.1) is 0 Å². The Bertz CT molecular complexity index is 241. The normalized spacial score (nSPS) is 11.3. The van der Waals surface area contributed by atoms with E-state index in [1.165, 1.54) is 7.11 Å². The van der Waals surface area contributed by atoms with Gasteiger partial charge >= 0.3 is 0 Å². The third kappa shape index (κ3) is 2.08. The highest BCUT2D eigenvalue weighted by Crippen LogP contribution is 1.99. The van der Waals surface area contributed by atoms with Gasteiger partial charge in [0.1, 0.15) is 7.11 Å². The van der Waals surface area contributed by atoms with Gasteiger partial charge in [0, 0.05) is 0 Å². The zero-order valence-electron chi connectivity index (χ0n) is 6.45. The fourth-order valence-corrected chi connectivity index (χ4v) is 0.793. The summed E-state index contributed by atoms with van der Waals surface area (Å²) in [5.41, 5.74) is 1.63. The number of hydrogen-bond acceptors (Lipinski definition) is 2. The van der Waals surface area contributed by atoms with Crippen molar-refractivity contribution < 1.29 is 4.84 Å². The maximum Gasteiger partial charge on any atom is 0.106 e. The van der Waals surface area contributed by atoms with E-state index in [1.807, 2.05) is 30.3 Å². The van der Waals surface area contributed by atoms with Crippen molar-refractivity contribution in [1.29, 1.82) is 0 Å². The molecule has 57 valence electrons. The molecule has 1 aromatic rings. The fraction of sp³-hybridized carbons (Fsp3) is 0.111. The van der Waals surface area contributed by atoms with Gasteiger partial charge in [-0.05, 0) is 12.5 Å². The van der Waals surface area contributed by atoms with Gasteiger partial charge < -0.3 is 4.84 Å². The minimum absolute atomic E-state index is 0.646. The second kappa shape index (κ2) is 3.76. The van der Waals surface area contributed by atoms with E-state index in [9.17, 15) is 0 Å². The van der Waals surface area contributed by atoms with Crippen LogP contribution in [0.3, 0.4) is 0 Å². The molecule has 2 heteroatoms. The Balaban J connectivity index is 2.85. The predicted octanol–water partition coefficient (Wildman–Crippen LogP) is 1.87. The maximum atomic E-state index is 4.58. The van der Waals surface area contributed by atoms with Gasteiger partial charge in [0.2, 0.25) is 0 Å². The average molecular weight is 148 g/mol. The second-order valence-corrected chi connectivity index (χ2v) is 2.09. The van der Waals surface area contributed by atoms with Crippen LogP contribution >= 0.6 is 0 Å². The molecule has 0 atom stereocenters. The van der Waals surface area contributed by atoms with Crippen LogP contribution in [0.1, 0.15) is 5.56 Å². The van der Waals surface area contributed by atoms with E-state index >= 15 is 0 Å². The molecule has 0 fully saturated rings. The van der Waals surface area contributed by atoms with Crippen LogP contribution in [0.15, 0.2) is 35.5 Å². The van der Waals surface area contributed by atoms with Crippen molar-refractivity contribution >= 4 is 5.71 Å². The summed E-state index contributed by atoms with van der Waals surface area (Å²) < 4.78 is 0. The van der Waals surface area contributed by atoms with Crippen molar-refractivity contribution in [3.05, 3.63) is 42.8 Å². The molecule has 0 aromatic heterocycles. The van der Waals surface area contributed by atoms with Crippen LogP contribution in [0.25, 0.3) is 0 Å². The van der Waals surface area contributed by atoms with E-state index < -0.39 is 0 Å². The minimum Gasteiger partial charge on any atom is -0.399 e. The largest absolute Gasteiger partial charge is 0.399 e. The Labute approximate surface area is 66.5 Å². The molecule has 11 heavy (non-hydrogen) atoms. The molecule has 1 radical (unpaired) electrons. The molecular formula is C9H10NO.